The van der Waals surface area contributed by atoms with Crippen LogP contribution in [0.15, 0.2) is 64.1 Å². The molecule has 1 heterocycles. The zero-order valence-electron chi connectivity index (χ0n) is 10.9. The minimum atomic E-state index is 0.446. The fraction of sp³-hybridized carbons (Fsp3) is 0.188. The highest BCUT2D eigenvalue weighted by molar-refractivity contribution is 9.10. The molecule has 0 amide bonds. The van der Waals surface area contributed by atoms with Crippen molar-refractivity contribution < 1.29 is 0 Å². The van der Waals surface area contributed by atoms with Gasteiger partial charge < -0.3 is 5.32 Å². The molecule has 0 aromatic heterocycles. The Morgan fingerprint density at radius 2 is 2.00 bits per heavy atom. The summed E-state index contributed by atoms with van der Waals surface area (Å²) in [7, 11) is 0. The zero-order valence-corrected chi connectivity index (χ0v) is 13.3. The second-order valence-corrected chi connectivity index (χ2v) is 6.75. The van der Waals surface area contributed by atoms with E-state index < -0.39 is 0 Å². The van der Waals surface area contributed by atoms with Gasteiger partial charge in [-0.1, -0.05) is 70.2 Å². The van der Waals surface area contributed by atoms with Crippen molar-refractivity contribution in [3.8, 4) is 0 Å². The number of hydrogen-bond acceptors (Lipinski definition) is 3. The fourth-order valence-corrected chi connectivity index (χ4v) is 3.60. The molecule has 1 atom stereocenters. The van der Waals surface area contributed by atoms with Gasteiger partial charge in [-0.05, 0) is 23.3 Å². The molecule has 0 bridgehead atoms. The van der Waals surface area contributed by atoms with Gasteiger partial charge in [0, 0.05) is 11.0 Å². The van der Waals surface area contributed by atoms with Crippen LogP contribution in [0.5, 0.6) is 0 Å². The minimum Gasteiger partial charge on any atom is -0.361 e. The van der Waals surface area contributed by atoms with Crippen LogP contribution < -0.4 is 5.32 Å². The van der Waals surface area contributed by atoms with Crippen LogP contribution in [0.25, 0.3) is 0 Å². The van der Waals surface area contributed by atoms with E-state index in [9.17, 15) is 0 Å². The van der Waals surface area contributed by atoms with Crippen LogP contribution in [-0.4, -0.2) is 11.7 Å². The van der Waals surface area contributed by atoms with Crippen molar-refractivity contribution in [1.29, 1.82) is 0 Å². The number of benzene rings is 2. The monoisotopic (exact) mass is 346 g/mol. The Balaban J connectivity index is 1.56. The van der Waals surface area contributed by atoms with E-state index in [1.54, 1.807) is 0 Å². The largest absolute Gasteiger partial charge is 0.361 e. The smallest absolute Gasteiger partial charge is 0.157 e. The van der Waals surface area contributed by atoms with Crippen molar-refractivity contribution in [2.45, 2.75) is 11.8 Å². The SMILES string of the molecule is Brc1cccc(CNC2=NCC(c3ccccc3)S2)c1. The average molecular weight is 347 g/mol. The van der Waals surface area contributed by atoms with E-state index in [0.29, 0.717) is 5.25 Å². The van der Waals surface area contributed by atoms with Gasteiger partial charge in [0.1, 0.15) is 0 Å². The molecule has 2 aromatic rings. The summed E-state index contributed by atoms with van der Waals surface area (Å²) in [6, 6.07) is 18.9. The second kappa shape index (κ2) is 6.46. The van der Waals surface area contributed by atoms with Gasteiger partial charge in [-0.15, -0.1) is 0 Å². The van der Waals surface area contributed by atoms with Crippen molar-refractivity contribution in [3.05, 3.63) is 70.2 Å². The summed E-state index contributed by atoms with van der Waals surface area (Å²) in [6.07, 6.45) is 0. The van der Waals surface area contributed by atoms with E-state index in [-0.39, 0.29) is 0 Å². The zero-order chi connectivity index (χ0) is 13.8. The quantitative estimate of drug-likeness (QED) is 0.891. The standard InChI is InChI=1S/C16H15BrN2S/c17-14-8-4-5-12(9-14)10-18-16-19-11-15(20-16)13-6-2-1-3-7-13/h1-9,15H,10-11H2,(H,18,19). The summed E-state index contributed by atoms with van der Waals surface area (Å²) < 4.78 is 1.11. The summed E-state index contributed by atoms with van der Waals surface area (Å²) in [5.41, 5.74) is 2.60. The summed E-state index contributed by atoms with van der Waals surface area (Å²) in [6.45, 7) is 1.67. The lowest BCUT2D eigenvalue weighted by atomic mass is 10.1. The van der Waals surface area contributed by atoms with E-state index in [1.165, 1.54) is 11.1 Å². The van der Waals surface area contributed by atoms with Crippen molar-refractivity contribution in [2.24, 2.45) is 4.99 Å². The maximum Gasteiger partial charge on any atom is 0.157 e. The van der Waals surface area contributed by atoms with Crippen LogP contribution in [-0.2, 0) is 6.54 Å². The highest BCUT2D eigenvalue weighted by Gasteiger charge is 2.20. The van der Waals surface area contributed by atoms with Gasteiger partial charge >= 0.3 is 0 Å². The van der Waals surface area contributed by atoms with Crippen LogP contribution in [0.1, 0.15) is 16.4 Å². The third-order valence-electron chi connectivity index (χ3n) is 3.16. The van der Waals surface area contributed by atoms with Crippen LogP contribution in [0.3, 0.4) is 0 Å². The normalized spacial score (nSPS) is 17.9. The molecular formula is C16H15BrN2S. The summed E-state index contributed by atoms with van der Waals surface area (Å²) in [5.74, 6) is 0. The number of rotatable bonds is 3. The Morgan fingerprint density at radius 3 is 2.80 bits per heavy atom. The Bertz CT molecular complexity index is 613. The molecule has 102 valence electrons. The molecule has 0 fully saturated rings. The molecule has 20 heavy (non-hydrogen) atoms. The number of aliphatic imine (C=N–C) groups is 1. The highest BCUT2D eigenvalue weighted by atomic mass is 79.9. The predicted octanol–water partition coefficient (Wildman–Crippen LogP) is 4.38. The molecule has 0 radical (unpaired) electrons. The van der Waals surface area contributed by atoms with E-state index in [2.05, 4.69) is 74.8 Å². The number of nitrogens with one attached hydrogen (secondary N) is 1. The molecule has 1 N–H and O–H groups in total. The van der Waals surface area contributed by atoms with Crippen molar-refractivity contribution in [3.63, 3.8) is 0 Å². The maximum atomic E-state index is 4.59. The minimum absolute atomic E-state index is 0.446. The third kappa shape index (κ3) is 3.44. The summed E-state index contributed by atoms with van der Waals surface area (Å²) in [5, 5.41) is 4.90. The highest BCUT2D eigenvalue weighted by Crippen LogP contribution is 2.34. The third-order valence-corrected chi connectivity index (χ3v) is 4.85. The number of amidine groups is 1. The summed E-state index contributed by atoms with van der Waals surface area (Å²) in [4.78, 5) is 4.59. The van der Waals surface area contributed by atoms with Gasteiger partial charge in [-0.3, -0.25) is 4.99 Å². The van der Waals surface area contributed by atoms with Crippen molar-refractivity contribution >= 4 is 32.9 Å². The fourth-order valence-electron chi connectivity index (χ4n) is 2.14. The van der Waals surface area contributed by atoms with Crippen LogP contribution in [0, 0.1) is 0 Å². The van der Waals surface area contributed by atoms with Crippen LogP contribution >= 0.6 is 27.7 Å². The van der Waals surface area contributed by atoms with Gasteiger partial charge in [0.05, 0.1) is 11.8 Å². The molecule has 1 aliphatic rings. The van der Waals surface area contributed by atoms with E-state index in [0.717, 1.165) is 22.7 Å². The Morgan fingerprint density at radius 1 is 1.15 bits per heavy atom. The first-order valence-electron chi connectivity index (χ1n) is 6.55. The molecule has 1 unspecified atom stereocenters. The van der Waals surface area contributed by atoms with E-state index in [1.807, 2.05) is 17.8 Å². The molecule has 2 aromatic carbocycles. The lowest BCUT2D eigenvalue weighted by Gasteiger charge is -2.09. The van der Waals surface area contributed by atoms with Crippen molar-refractivity contribution in [2.75, 3.05) is 6.54 Å². The van der Waals surface area contributed by atoms with Gasteiger partial charge in [0.15, 0.2) is 5.17 Å². The molecule has 0 saturated carbocycles. The molecule has 3 rings (SSSR count). The van der Waals surface area contributed by atoms with E-state index in [4.69, 9.17) is 0 Å². The molecule has 0 saturated heterocycles. The van der Waals surface area contributed by atoms with Gasteiger partial charge in [-0.2, -0.15) is 0 Å². The first-order chi connectivity index (χ1) is 9.81. The molecule has 2 nitrogen and oxygen atoms in total. The number of hydrogen-bond donors (Lipinski definition) is 1. The Hall–Kier alpha value is -1.26. The molecule has 0 aliphatic carbocycles. The molecule has 1 aliphatic heterocycles. The first-order valence-corrected chi connectivity index (χ1v) is 8.23. The van der Waals surface area contributed by atoms with Crippen LogP contribution in [0.4, 0.5) is 0 Å². The van der Waals surface area contributed by atoms with Gasteiger partial charge in [-0.25, -0.2) is 0 Å². The molecule has 4 heteroatoms. The average Bonchev–Trinajstić information content (AvgIpc) is 2.95. The number of nitrogens with zero attached hydrogens (tertiary/aromatic N) is 1. The molecular weight excluding hydrogens is 332 g/mol. The Kier molecular flexibility index (Phi) is 4.43. The topological polar surface area (TPSA) is 24.4 Å². The summed E-state index contributed by atoms with van der Waals surface area (Å²) >= 11 is 5.31. The van der Waals surface area contributed by atoms with E-state index >= 15 is 0 Å². The van der Waals surface area contributed by atoms with Gasteiger partial charge in [0.25, 0.3) is 0 Å². The predicted molar refractivity (Wildman–Crippen MR) is 90.1 cm³/mol. The lowest BCUT2D eigenvalue weighted by molar-refractivity contribution is 0.911. The van der Waals surface area contributed by atoms with Crippen molar-refractivity contribution in [1.82, 2.24) is 5.32 Å². The number of thioether (sulfide) groups is 1. The van der Waals surface area contributed by atoms with Crippen LogP contribution in [0.2, 0.25) is 0 Å². The number of halogens is 1. The Labute approximate surface area is 131 Å². The maximum absolute atomic E-state index is 4.59. The lowest BCUT2D eigenvalue weighted by Crippen LogP contribution is -2.18. The second-order valence-electron chi connectivity index (χ2n) is 4.65. The molecule has 0 spiro atoms. The first kappa shape index (κ1) is 13.7. The van der Waals surface area contributed by atoms with Gasteiger partial charge in [0.2, 0.25) is 0 Å².